The van der Waals surface area contributed by atoms with Gasteiger partial charge in [0.1, 0.15) is 24.0 Å². The molecule has 0 aromatic heterocycles. The van der Waals surface area contributed by atoms with Gasteiger partial charge < -0.3 is 18.6 Å². The molecule has 11 nitrogen and oxygen atoms in total. The highest BCUT2D eigenvalue weighted by molar-refractivity contribution is 7.97. The smallest absolute Gasteiger partial charge is 0.432 e. The van der Waals surface area contributed by atoms with Crippen LogP contribution in [-0.4, -0.2) is 109 Å². The van der Waals surface area contributed by atoms with Gasteiger partial charge in [-0.3, -0.25) is 4.79 Å². The van der Waals surface area contributed by atoms with Crippen molar-refractivity contribution in [3.8, 4) is 22.3 Å². The zero-order chi connectivity index (χ0) is 57.4. The fourth-order valence-electron chi connectivity index (χ4n) is 6.57. The van der Waals surface area contributed by atoms with Gasteiger partial charge in [-0.1, -0.05) is 133 Å². The lowest BCUT2D eigenvalue weighted by molar-refractivity contribution is -0.248. The summed E-state index contributed by atoms with van der Waals surface area (Å²) >= 11 is 0. The van der Waals surface area contributed by atoms with E-state index in [0.717, 1.165) is 46.7 Å². The molecule has 7 rings (SSSR count). The molecule has 0 amide bonds. The number of rotatable bonds is 14. The second kappa shape index (κ2) is 27.4. The topological polar surface area (TPSA) is 184 Å². The second-order valence-corrected chi connectivity index (χ2v) is 23.7. The van der Waals surface area contributed by atoms with E-state index in [1.54, 1.807) is 60.7 Å². The van der Waals surface area contributed by atoms with E-state index in [4.69, 9.17) is 0 Å². The number of Topliss-reactive ketones (excluding diaryl/α,β-unsaturated/α-hetero) is 1. The molecule has 0 bridgehead atoms. The van der Waals surface area contributed by atoms with Crippen molar-refractivity contribution in [1.29, 1.82) is 0 Å². The van der Waals surface area contributed by atoms with Gasteiger partial charge in [-0.05, 0) is 82.4 Å². The Kier molecular flexibility index (Phi) is 22.5. The van der Waals surface area contributed by atoms with Crippen molar-refractivity contribution < 1.29 is 93.7 Å². The molecule has 6 aromatic carbocycles. The van der Waals surface area contributed by atoms with Crippen LogP contribution in [0.4, 0.5) is 43.9 Å². The predicted molar refractivity (Wildman–Crippen MR) is 269 cm³/mol. The molecule has 2 atom stereocenters. The third kappa shape index (κ3) is 18.7. The first kappa shape index (κ1) is 63.3. The average molecular weight is 1170 g/mol. The SMILES string of the molecule is C[S+](C)c1ccccc1.O=C(C[S+]1CCCC1)c1ccccc1.O=C(OC(C(F)(F)F)C(F)(F)S(=O)(=O)[O-])c1ccc(-c2ccccc2)cc1.O=C(OC(C(F)(F)F)C(F)(F)S(=O)(=O)[O-])c1ccc(-c2ccccc2)cc1. The van der Waals surface area contributed by atoms with E-state index in [-0.39, 0.29) is 0 Å². The molecule has 414 valence electrons. The van der Waals surface area contributed by atoms with Crippen LogP contribution in [-0.2, 0) is 51.5 Å². The lowest BCUT2D eigenvalue weighted by atomic mass is 10.0. The number of halogens is 10. The summed E-state index contributed by atoms with van der Waals surface area (Å²) in [5, 5.41) is -11.8. The Labute approximate surface area is 442 Å². The maximum absolute atomic E-state index is 13.4. The van der Waals surface area contributed by atoms with E-state index < -0.39 is 78.4 Å². The Morgan fingerprint density at radius 2 is 0.779 bits per heavy atom. The monoisotopic (exact) mass is 1160 g/mol. The van der Waals surface area contributed by atoms with Crippen LogP contribution >= 0.6 is 0 Å². The van der Waals surface area contributed by atoms with Crippen LogP contribution in [0.2, 0.25) is 0 Å². The van der Waals surface area contributed by atoms with Crippen LogP contribution in [0.25, 0.3) is 22.3 Å². The fourth-order valence-corrected chi connectivity index (χ4v) is 10.4. The van der Waals surface area contributed by atoms with Crippen LogP contribution in [0.1, 0.15) is 43.9 Å². The molecular formula is C52H46F10O11S4. The number of ether oxygens (including phenoxy) is 2. The molecule has 0 spiro atoms. The van der Waals surface area contributed by atoms with Crippen LogP contribution in [0, 0.1) is 0 Å². The molecule has 0 aliphatic carbocycles. The highest BCUT2D eigenvalue weighted by atomic mass is 32.2. The predicted octanol–water partition coefficient (Wildman–Crippen LogP) is 11.4. The van der Waals surface area contributed by atoms with Gasteiger partial charge >= 0.3 is 34.8 Å². The lowest BCUT2D eigenvalue weighted by Crippen LogP contribution is -2.52. The van der Waals surface area contributed by atoms with Crippen molar-refractivity contribution in [2.45, 2.75) is 52.8 Å². The van der Waals surface area contributed by atoms with Crippen molar-refractivity contribution in [3.63, 3.8) is 0 Å². The van der Waals surface area contributed by atoms with Gasteiger partial charge in [-0.25, -0.2) is 26.4 Å². The molecule has 1 aliphatic heterocycles. The maximum Gasteiger partial charge on any atom is 0.432 e. The van der Waals surface area contributed by atoms with Crippen molar-refractivity contribution >= 4 is 59.7 Å². The van der Waals surface area contributed by atoms with Crippen molar-refractivity contribution in [2.75, 3.05) is 29.8 Å². The summed E-state index contributed by atoms with van der Waals surface area (Å²) < 4.78 is 200. The summed E-state index contributed by atoms with van der Waals surface area (Å²) in [6, 6.07) is 46.8. The number of esters is 2. The number of ketones is 1. The van der Waals surface area contributed by atoms with E-state index in [1.165, 1.54) is 53.5 Å². The summed E-state index contributed by atoms with van der Waals surface area (Å²) in [6.07, 6.45) is -13.7. The summed E-state index contributed by atoms with van der Waals surface area (Å²) in [7, 11) is -12.7. The molecule has 1 aliphatic rings. The van der Waals surface area contributed by atoms with Crippen LogP contribution in [0.5, 0.6) is 0 Å². The molecule has 25 heteroatoms. The standard InChI is InChI=1S/2C16H11F5O5S.C12H15OS.C8H11S/c2*17-15(18,19)14(16(20,21)27(23,24)25)26-13(22)12-8-6-11(7-9-12)10-4-2-1-3-5-10;13-12(10-14-8-4-5-9-14)11-6-2-1-3-7-11;1-9(2)8-6-4-3-5-7-8/h2*1-9,14H,(H,23,24,25);1-3,6-7H,4-5,8-10H2;3-7H,1-2H3/q;;2*+1/p-2. The number of carbonyl (C=O) groups is 3. The van der Waals surface area contributed by atoms with E-state index >= 15 is 0 Å². The third-order valence-corrected chi connectivity index (χ3v) is 15.9. The molecular weight excluding hydrogens is 1120 g/mol. The Morgan fingerprint density at radius 3 is 1.06 bits per heavy atom. The van der Waals surface area contributed by atoms with Crippen LogP contribution in [0.15, 0.2) is 175 Å². The lowest BCUT2D eigenvalue weighted by Gasteiger charge is -2.29. The molecule has 1 heterocycles. The fraction of sp³-hybridized carbons (Fsp3) is 0.250. The summed E-state index contributed by atoms with van der Waals surface area (Å²) in [6.45, 7) is 0. The van der Waals surface area contributed by atoms with Gasteiger partial charge in [0.15, 0.2) is 30.9 Å². The van der Waals surface area contributed by atoms with Gasteiger partial charge in [-0.2, -0.15) is 43.9 Å². The summed E-state index contributed by atoms with van der Waals surface area (Å²) in [5.74, 6) is -0.0578. The second-order valence-electron chi connectivity index (χ2n) is 16.4. The van der Waals surface area contributed by atoms with E-state index in [1.807, 2.05) is 30.3 Å². The van der Waals surface area contributed by atoms with E-state index in [0.29, 0.717) is 38.7 Å². The molecule has 1 fully saturated rings. The molecule has 77 heavy (non-hydrogen) atoms. The normalized spacial score (nSPS) is 14.0. The molecule has 1 saturated heterocycles. The van der Waals surface area contributed by atoms with Gasteiger partial charge in [-0.15, -0.1) is 0 Å². The number of alkyl halides is 10. The summed E-state index contributed by atoms with van der Waals surface area (Å²) in [5.41, 5.74) is 2.39. The van der Waals surface area contributed by atoms with Crippen molar-refractivity contribution in [2.24, 2.45) is 0 Å². The minimum atomic E-state index is -6.74. The first-order chi connectivity index (χ1) is 35.8. The quantitative estimate of drug-likeness (QED) is 0.0332. The van der Waals surface area contributed by atoms with E-state index in [2.05, 4.69) is 52.3 Å². The Hall–Kier alpha value is -6.25. The highest BCUT2D eigenvalue weighted by Gasteiger charge is 2.64. The van der Waals surface area contributed by atoms with Crippen LogP contribution in [0.3, 0.4) is 0 Å². The van der Waals surface area contributed by atoms with Crippen molar-refractivity contribution in [3.05, 3.63) is 187 Å². The highest BCUT2D eigenvalue weighted by Crippen LogP contribution is 2.40. The van der Waals surface area contributed by atoms with Gasteiger partial charge in [0.2, 0.25) is 5.78 Å². The van der Waals surface area contributed by atoms with Gasteiger partial charge in [0, 0.05) is 16.5 Å². The molecule has 0 N–H and O–H groups in total. The minimum absolute atomic E-state index is 0.329. The van der Waals surface area contributed by atoms with Gasteiger partial charge in [0.05, 0.1) is 11.1 Å². The maximum atomic E-state index is 13.4. The number of hydrogen-bond acceptors (Lipinski definition) is 11. The van der Waals surface area contributed by atoms with Crippen LogP contribution < -0.4 is 0 Å². The number of benzene rings is 6. The Balaban J connectivity index is 0.000000238. The first-order valence-electron chi connectivity index (χ1n) is 22.2. The zero-order valence-electron chi connectivity index (χ0n) is 40.3. The van der Waals surface area contributed by atoms with Gasteiger partial charge in [0.25, 0.3) is 12.2 Å². The Bertz CT molecular complexity index is 2900. The number of hydrogen-bond donors (Lipinski definition) is 0. The number of carbonyl (C=O) groups excluding carboxylic acids is 3. The van der Waals surface area contributed by atoms with Crippen molar-refractivity contribution in [1.82, 2.24) is 0 Å². The average Bonchev–Trinajstić information content (AvgIpc) is 3.91. The molecule has 0 radical (unpaired) electrons. The molecule has 6 aromatic rings. The van der Waals surface area contributed by atoms with E-state index in [9.17, 15) is 84.2 Å². The summed E-state index contributed by atoms with van der Waals surface area (Å²) in [4.78, 5) is 36.8. The molecule has 2 unspecified atom stereocenters. The first-order valence-corrected chi connectivity index (χ1v) is 28.8. The zero-order valence-corrected chi connectivity index (χ0v) is 43.5. The Morgan fingerprint density at radius 1 is 0.481 bits per heavy atom. The molecule has 0 saturated carbocycles. The largest absolute Gasteiger partial charge is 0.743 e. The third-order valence-electron chi connectivity index (χ3n) is 10.5. The minimum Gasteiger partial charge on any atom is -0.743 e.